The van der Waals surface area contributed by atoms with Gasteiger partial charge in [-0.15, -0.1) is 11.3 Å². The molecule has 2 aromatic rings. The number of nitrogens with zero attached hydrogens (tertiary/aromatic N) is 5. The van der Waals surface area contributed by atoms with E-state index in [0.717, 1.165) is 36.8 Å². The Morgan fingerprint density at radius 2 is 1.73 bits per heavy atom. The molecule has 162 valence electrons. The Hall–Kier alpha value is -2.17. The molecule has 10 heteroatoms. The van der Waals surface area contributed by atoms with Crippen LogP contribution in [0.1, 0.15) is 23.2 Å². The molecule has 2 aliphatic rings. The van der Waals surface area contributed by atoms with Gasteiger partial charge in [-0.2, -0.15) is 0 Å². The van der Waals surface area contributed by atoms with E-state index in [-0.39, 0.29) is 10.8 Å². The SMILES string of the molecule is CN(C)S(=O)(=O)c1ccc(N2CCCC2)c(C(=O)N2CCN(c3nccs3)CC2)c1. The van der Waals surface area contributed by atoms with Gasteiger partial charge in [0, 0.05) is 70.6 Å². The van der Waals surface area contributed by atoms with Crippen LogP contribution in [-0.2, 0) is 10.0 Å². The van der Waals surface area contributed by atoms with Crippen LogP contribution in [0, 0.1) is 0 Å². The monoisotopic (exact) mass is 449 g/mol. The fourth-order valence-corrected chi connectivity index (χ4v) is 5.56. The molecule has 8 nitrogen and oxygen atoms in total. The molecule has 0 N–H and O–H groups in total. The van der Waals surface area contributed by atoms with E-state index in [1.54, 1.807) is 35.7 Å². The number of carbonyl (C=O) groups excluding carboxylic acids is 1. The van der Waals surface area contributed by atoms with E-state index >= 15 is 0 Å². The van der Waals surface area contributed by atoms with E-state index in [1.807, 2.05) is 10.3 Å². The Kier molecular flexibility index (Phi) is 5.99. The number of hydrogen-bond acceptors (Lipinski definition) is 7. The zero-order chi connectivity index (χ0) is 21.3. The predicted molar refractivity (Wildman–Crippen MR) is 119 cm³/mol. The second kappa shape index (κ2) is 8.52. The molecule has 1 aromatic carbocycles. The number of benzene rings is 1. The van der Waals surface area contributed by atoms with Crippen molar-refractivity contribution >= 4 is 38.1 Å². The first kappa shape index (κ1) is 21.1. The number of hydrogen-bond donors (Lipinski definition) is 0. The lowest BCUT2D eigenvalue weighted by atomic mass is 10.1. The summed E-state index contributed by atoms with van der Waals surface area (Å²) in [4.78, 5) is 24.2. The highest BCUT2D eigenvalue weighted by molar-refractivity contribution is 7.89. The number of anilines is 2. The molecule has 2 aliphatic heterocycles. The van der Waals surface area contributed by atoms with Crippen LogP contribution in [0.4, 0.5) is 10.8 Å². The van der Waals surface area contributed by atoms with Crippen molar-refractivity contribution < 1.29 is 13.2 Å². The third-order valence-corrected chi connectivity index (χ3v) is 8.32. The Balaban J connectivity index is 1.61. The van der Waals surface area contributed by atoms with Crippen molar-refractivity contribution in [1.82, 2.24) is 14.2 Å². The van der Waals surface area contributed by atoms with Gasteiger partial charge in [-0.25, -0.2) is 17.7 Å². The van der Waals surface area contributed by atoms with Gasteiger partial charge in [0.05, 0.1) is 10.5 Å². The Morgan fingerprint density at radius 3 is 2.33 bits per heavy atom. The molecule has 0 unspecified atom stereocenters. The lowest BCUT2D eigenvalue weighted by molar-refractivity contribution is 0.0747. The maximum atomic E-state index is 13.5. The fraction of sp³-hybridized carbons (Fsp3) is 0.500. The van der Waals surface area contributed by atoms with Crippen molar-refractivity contribution in [2.45, 2.75) is 17.7 Å². The summed E-state index contributed by atoms with van der Waals surface area (Å²) in [6.07, 6.45) is 3.95. The van der Waals surface area contributed by atoms with E-state index in [1.165, 1.54) is 18.4 Å². The molecule has 1 aromatic heterocycles. The molecule has 3 heterocycles. The standard InChI is InChI=1S/C20H27N5O3S2/c1-22(2)30(27,28)16-5-6-18(23-8-3-4-9-23)17(15-16)19(26)24-10-12-25(13-11-24)20-21-7-14-29-20/h5-7,14-15H,3-4,8-13H2,1-2H3. The molecule has 0 bridgehead atoms. The summed E-state index contributed by atoms with van der Waals surface area (Å²) in [5.41, 5.74) is 1.31. The van der Waals surface area contributed by atoms with Crippen LogP contribution in [0.25, 0.3) is 0 Å². The third kappa shape index (κ3) is 4.03. The molecule has 30 heavy (non-hydrogen) atoms. The van der Waals surface area contributed by atoms with Gasteiger partial charge in [-0.1, -0.05) is 0 Å². The van der Waals surface area contributed by atoms with Crippen molar-refractivity contribution in [3.05, 3.63) is 35.3 Å². The maximum absolute atomic E-state index is 13.5. The highest BCUT2D eigenvalue weighted by atomic mass is 32.2. The fourth-order valence-electron chi connectivity index (χ4n) is 3.93. The minimum Gasteiger partial charge on any atom is -0.371 e. The summed E-state index contributed by atoms with van der Waals surface area (Å²) in [6, 6.07) is 4.96. The van der Waals surface area contributed by atoms with Crippen molar-refractivity contribution in [2.75, 3.05) is 63.2 Å². The zero-order valence-corrected chi connectivity index (χ0v) is 19.0. The number of sulfonamides is 1. The molecule has 4 rings (SSSR count). The Bertz CT molecular complexity index is 993. The molecule has 2 saturated heterocycles. The highest BCUT2D eigenvalue weighted by Gasteiger charge is 2.29. The molecule has 2 fully saturated rings. The van der Waals surface area contributed by atoms with E-state index in [0.29, 0.717) is 31.7 Å². The topological polar surface area (TPSA) is 77.1 Å². The average Bonchev–Trinajstić information content (AvgIpc) is 3.47. The van der Waals surface area contributed by atoms with E-state index in [4.69, 9.17) is 0 Å². The zero-order valence-electron chi connectivity index (χ0n) is 17.3. The minimum absolute atomic E-state index is 0.105. The van der Waals surface area contributed by atoms with E-state index in [2.05, 4.69) is 14.8 Å². The number of thiazole rings is 1. The van der Waals surface area contributed by atoms with Gasteiger partial charge in [0.15, 0.2) is 5.13 Å². The van der Waals surface area contributed by atoms with Gasteiger partial charge in [0.25, 0.3) is 5.91 Å². The minimum atomic E-state index is -3.61. The number of piperazine rings is 1. The quantitative estimate of drug-likeness (QED) is 0.695. The summed E-state index contributed by atoms with van der Waals surface area (Å²) in [5, 5.41) is 2.92. The van der Waals surface area contributed by atoms with Crippen LogP contribution < -0.4 is 9.80 Å². The van der Waals surface area contributed by atoms with Crippen LogP contribution >= 0.6 is 11.3 Å². The number of carbonyl (C=O) groups is 1. The van der Waals surface area contributed by atoms with Gasteiger partial charge in [0.2, 0.25) is 10.0 Å². The van der Waals surface area contributed by atoms with E-state index in [9.17, 15) is 13.2 Å². The van der Waals surface area contributed by atoms with Gasteiger partial charge < -0.3 is 14.7 Å². The van der Waals surface area contributed by atoms with Gasteiger partial charge >= 0.3 is 0 Å². The lowest BCUT2D eigenvalue weighted by Crippen LogP contribution is -2.49. The molecule has 0 radical (unpaired) electrons. The number of rotatable bonds is 5. The first-order valence-electron chi connectivity index (χ1n) is 10.1. The molecular weight excluding hydrogens is 422 g/mol. The second-order valence-corrected chi connectivity index (χ2v) is 10.8. The van der Waals surface area contributed by atoms with Gasteiger partial charge in [-0.3, -0.25) is 4.79 Å². The van der Waals surface area contributed by atoms with Crippen LogP contribution in [0.2, 0.25) is 0 Å². The van der Waals surface area contributed by atoms with Crippen LogP contribution in [0.3, 0.4) is 0 Å². The van der Waals surface area contributed by atoms with Crippen molar-refractivity contribution in [3.8, 4) is 0 Å². The molecule has 1 amide bonds. The molecule has 0 aliphatic carbocycles. The maximum Gasteiger partial charge on any atom is 0.256 e. The van der Waals surface area contributed by atoms with Crippen LogP contribution in [0.15, 0.2) is 34.7 Å². The summed E-state index contributed by atoms with van der Waals surface area (Å²) in [7, 11) is -0.607. The first-order valence-corrected chi connectivity index (χ1v) is 12.4. The molecule has 0 atom stereocenters. The largest absolute Gasteiger partial charge is 0.371 e. The lowest BCUT2D eigenvalue weighted by Gasteiger charge is -2.35. The second-order valence-electron chi connectivity index (χ2n) is 7.75. The van der Waals surface area contributed by atoms with E-state index < -0.39 is 10.0 Å². The summed E-state index contributed by atoms with van der Waals surface area (Å²) >= 11 is 1.60. The smallest absolute Gasteiger partial charge is 0.256 e. The summed E-state index contributed by atoms with van der Waals surface area (Å²) in [6.45, 7) is 4.38. The van der Waals surface area contributed by atoms with Crippen molar-refractivity contribution in [3.63, 3.8) is 0 Å². The molecule has 0 saturated carbocycles. The molecule has 0 spiro atoms. The summed E-state index contributed by atoms with van der Waals surface area (Å²) in [5.74, 6) is -0.105. The Labute approximate surface area is 181 Å². The number of amides is 1. The highest BCUT2D eigenvalue weighted by Crippen LogP contribution is 2.30. The van der Waals surface area contributed by atoms with Crippen molar-refractivity contribution in [1.29, 1.82) is 0 Å². The number of aromatic nitrogens is 1. The third-order valence-electron chi connectivity index (χ3n) is 5.68. The Morgan fingerprint density at radius 1 is 1.03 bits per heavy atom. The normalized spacial score (nSPS) is 17.8. The van der Waals surface area contributed by atoms with Gasteiger partial charge in [-0.05, 0) is 31.0 Å². The average molecular weight is 450 g/mol. The van der Waals surface area contributed by atoms with Gasteiger partial charge in [0.1, 0.15) is 0 Å². The predicted octanol–water partition coefficient (Wildman–Crippen LogP) is 1.96. The van der Waals surface area contributed by atoms with Crippen molar-refractivity contribution in [2.24, 2.45) is 0 Å². The molecular formula is C20H27N5O3S2. The summed E-state index contributed by atoms with van der Waals surface area (Å²) < 4.78 is 26.5. The first-order chi connectivity index (χ1) is 14.4. The van der Waals surface area contributed by atoms with Crippen LogP contribution in [-0.4, -0.2) is 81.9 Å². The van der Waals surface area contributed by atoms with Crippen LogP contribution in [0.5, 0.6) is 0 Å².